The summed E-state index contributed by atoms with van der Waals surface area (Å²) in [5.41, 5.74) is -0.00810. The van der Waals surface area contributed by atoms with Crippen LogP contribution in [-0.4, -0.2) is 90.7 Å². The van der Waals surface area contributed by atoms with Gasteiger partial charge in [-0.2, -0.15) is 5.10 Å². The quantitative estimate of drug-likeness (QED) is 0.692. The topological polar surface area (TPSA) is 80.1 Å². The number of amides is 3. The van der Waals surface area contributed by atoms with Gasteiger partial charge in [0, 0.05) is 33.9 Å². The van der Waals surface area contributed by atoms with Gasteiger partial charge in [-0.05, 0) is 0 Å². The van der Waals surface area contributed by atoms with Gasteiger partial charge in [0.2, 0.25) is 0 Å². The molecule has 0 saturated carbocycles. The molecule has 132 valence electrons. The zero-order valence-electron chi connectivity index (χ0n) is 14.3. The van der Waals surface area contributed by atoms with Crippen LogP contribution in [0, 0.1) is 0 Å². The van der Waals surface area contributed by atoms with Crippen LogP contribution < -0.4 is 4.90 Å². The van der Waals surface area contributed by atoms with Crippen molar-refractivity contribution >= 4 is 17.6 Å². The lowest BCUT2D eigenvalue weighted by atomic mass is 10.0. The average molecular weight is 337 g/mol. The number of carbonyl (C=O) groups excluding carboxylic acids is 2. The van der Waals surface area contributed by atoms with Crippen LogP contribution in [0.2, 0.25) is 0 Å². The van der Waals surface area contributed by atoms with Crippen LogP contribution in [0.3, 0.4) is 0 Å². The van der Waals surface area contributed by atoms with Gasteiger partial charge in [0.05, 0.1) is 38.2 Å². The molecular weight excluding hydrogens is 314 g/mol. The van der Waals surface area contributed by atoms with Crippen LogP contribution in [0.4, 0.5) is 10.5 Å². The summed E-state index contributed by atoms with van der Waals surface area (Å²) in [4.78, 5) is 29.5. The number of ether oxygens (including phenoxy) is 2. The van der Waals surface area contributed by atoms with Crippen LogP contribution in [0.15, 0.2) is 12.4 Å². The molecule has 3 rings (SSSR count). The Morgan fingerprint density at radius 1 is 1.38 bits per heavy atom. The van der Waals surface area contributed by atoms with Gasteiger partial charge in [0.1, 0.15) is 12.2 Å². The van der Waals surface area contributed by atoms with Crippen molar-refractivity contribution in [3.8, 4) is 0 Å². The first-order valence-electron chi connectivity index (χ1n) is 7.87. The molecule has 24 heavy (non-hydrogen) atoms. The molecule has 3 heterocycles. The van der Waals surface area contributed by atoms with Gasteiger partial charge >= 0.3 is 6.03 Å². The SMILES string of the molecule is CN(C)C(=O)N1CCOC[C@@]2(C1)CN(c1cnn(C)c1)C(=O)CO2. The average Bonchev–Trinajstić information content (AvgIpc) is 2.87. The van der Waals surface area contributed by atoms with E-state index in [-0.39, 0.29) is 18.5 Å². The van der Waals surface area contributed by atoms with Crippen molar-refractivity contribution < 1.29 is 19.1 Å². The monoisotopic (exact) mass is 337 g/mol. The molecule has 9 nitrogen and oxygen atoms in total. The molecule has 2 saturated heterocycles. The molecule has 0 aromatic carbocycles. The molecule has 0 bridgehead atoms. The van der Waals surface area contributed by atoms with E-state index >= 15 is 0 Å². The molecule has 0 unspecified atom stereocenters. The van der Waals surface area contributed by atoms with Crippen molar-refractivity contribution in [2.24, 2.45) is 7.05 Å². The lowest BCUT2D eigenvalue weighted by molar-refractivity contribution is -0.145. The van der Waals surface area contributed by atoms with Gasteiger partial charge in [0.15, 0.2) is 0 Å². The Hall–Kier alpha value is -2.13. The molecule has 1 aromatic rings. The normalized spacial score (nSPS) is 25.0. The van der Waals surface area contributed by atoms with E-state index in [2.05, 4.69) is 5.10 Å². The van der Waals surface area contributed by atoms with Crippen molar-refractivity contribution in [3.05, 3.63) is 12.4 Å². The Balaban J connectivity index is 1.82. The Labute approximate surface area is 140 Å². The molecule has 2 aliphatic rings. The molecule has 0 aliphatic carbocycles. The van der Waals surface area contributed by atoms with Crippen LogP contribution in [0.1, 0.15) is 0 Å². The van der Waals surface area contributed by atoms with Gasteiger partial charge in [0.25, 0.3) is 5.91 Å². The first-order chi connectivity index (χ1) is 11.4. The van der Waals surface area contributed by atoms with Crippen LogP contribution in [-0.2, 0) is 21.3 Å². The minimum absolute atomic E-state index is 0.0394. The second-order valence-corrected chi connectivity index (χ2v) is 6.47. The summed E-state index contributed by atoms with van der Waals surface area (Å²) < 4.78 is 13.2. The molecule has 0 N–H and O–H groups in total. The van der Waals surface area contributed by atoms with E-state index in [1.807, 2.05) is 0 Å². The number of hydrogen-bond acceptors (Lipinski definition) is 5. The molecule has 3 amide bonds. The summed E-state index contributed by atoms with van der Waals surface area (Å²) in [7, 11) is 5.23. The number of morpholine rings is 1. The van der Waals surface area contributed by atoms with Crippen molar-refractivity contribution in [2.45, 2.75) is 5.60 Å². The van der Waals surface area contributed by atoms with Crippen molar-refractivity contribution in [2.75, 3.05) is 58.5 Å². The van der Waals surface area contributed by atoms with Gasteiger partial charge in [-0.1, -0.05) is 0 Å². The van der Waals surface area contributed by atoms with Gasteiger partial charge < -0.3 is 24.2 Å². The third-order valence-corrected chi connectivity index (χ3v) is 4.25. The highest BCUT2D eigenvalue weighted by atomic mass is 16.6. The number of carbonyl (C=O) groups is 2. The fourth-order valence-corrected chi connectivity index (χ4v) is 3.03. The molecular formula is C15H23N5O4. The zero-order chi connectivity index (χ0) is 17.3. The Bertz CT molecular complexity index is 631. The number of anilines is 1. The third kappa shape index (κ3) is 3.22. The molecule has 1 spiro atoms. The summed E-state index contributed by atoms with van der Waals surface area (Å²) in [5, 5.41) is 4.12. The van der Waals surface area contributed by atoms with Crippen LogP contribution in [0.25, 0.3) is 0 Å². The van der Waals surface area contributed by atoms with E-state index in [0.717, 1.165) is 5.69 Å². The first-order valence-corrected chi connectivity index (χ1v) is 7.87. The standard InChI is InChI=1S/C15H23N5O4/c1-17(2)14(22)19-4-5-23-11-15(9-19)10-20(13(21)8-24-15)12-6-16-18(3)7-12/h6-7H,4-5,8-11H2,1-3H3/t15-/m1/s1. The van der Waals surface area contributed by atoms with E-state index in [1.54, 1.807) is 48.0 Å². The molecule has 1 aromatic heterocycles. The van der Waals surface area contributed by atoms with Gasteiger partial charge in [-0.25, -0.2) is 4.79 Å². The van der Waals surface area contributed by atoms with Crippen molar-refractivity contribution in [3.63, 3.8) is 0 Å². The number of aromatic nitrogens is 2. The maximum atomic E-state index is 12.3. The molecule has 9 heteroatoms. The maximum Gasteiger partial charge on any atom is 0.319 e. The van der Waals surface area contributed by atoms with Crippen LogP contribution in [0.5, 0.6) is 0 Å². The highest BCUT2D eigenvalue weighted by molar-refractivity contribution is 5.95. The lowest BCUT2D eigenvalue weighted by Gasteiger charge is -2.42. The third-order valence-electron chi connectivity index (χ3n) is 4.25. The Kier molecular flexibility index (Phi) is 4.46. The van der Waals surface area contributed by atoms with E-state index < -0.39 is 5.60 Å². The first kappa shape index (κ1) is 16.7. The minimum atomic E-state index is -0.730. The Morgan fingerprint density at radius 3 is 2.83 bits per heavy atom. The minimum Gasteiger partial charge on any atom is -0.376 e. The van der Waals surface area contributed by atoms with E-state index in [4.69, 9.17) is 9.47 Å². The van der Waals surface area contributed by atoms with Crippen molar-refractivity contribution in [1.82, 2.24) is 19.6 Å². The number of nitrogens with zero attached hydrogens (tertiary/aromatic N) is 5. The summed E-state index contributed by atoms with van der Waals surface area (Å²) >= 11 is 0. The van der Waals surface area contributed by atoms with E-state index in [1.165, 1.54) is 4.90 Å². The Morgan fingerprint density at radius 2 is 2.17 bits per heavy atom. The zero-order valence-corrected chi connectivity index (χ0v) is 14.3. The largest absolute Gasteiger partial charge is 0.376 e. The summed E-state index contributed by atoms with van der Waals surface area (Å²) in [6.07, 6.45) is 3.44. The summed E-state index contributed by atoms with van der Waals surface area (Å²) in [6, 6.07) is -0.0895. The van der Waals surface area contributed by atoms with Crippen LogP contribution >= 0.6 is 0 Å². The number of rotatable bonds is 1. The smallest absolute Gasteiger partial charge is 0.319 e. The molecule has 2 fully saturated rings. The van der Waals surface area contributed by atoms with Crippen molar-refractivity contribution in [1.29, 1.82) is 0 Å². The second-order valence-electron chi connectivity index (χ2n) is 6.47. The predicted octanol–water partition coefficient (Wildman–Crippen LogP) is -0.464. The fraction of sp³-hybridized carbons (Fsp3) is 0.667. The van der Waals surface area contributed by atoms with E-state index in [0.29, 0.717) is 32.8 Å². The number of urea groups is 1. The number of hydrogen-bond donors (Lipinski definition) is 0. The molecule has 0 radical (unpaired) electrons. The lowest BCUT2D eigenvalue weighted by Crippen LogP contribution is -2.61. The van der Waals surface area contributed by atoms with Gasteiger partial charge in [-0.3, -0.25) is 9.48 Å². The highest BCUT2D eigenvalue weighted by Crippen LogP contribution is 2.27. The predicted molar refractivity (Wildman–Crippen MR) is 85.7 cm³/mol. The summed E-state index contributed by atoms with van der Waals surface area (Å²) in [5.74, 6) is -0.122. The number of aryl methyl sites for hydroxylation is 1. The fourth-order valence-electron chi connectivity index (χ4n) is 3.03. The highest BCUT2D eigenvalue weighted by Gasteiger charge is 2.44. The second kappa shape index (κ2) is 6.40. The molecule has 1 atom stereocenters. The van der Waals surface area contributed by atoms with Gasteiger partial charge in [-0.15, -0.1) is 0 Å². The summed E-state index contributed by atoms with van der Waals surface area (Å²) in [6.45, 7) is 1.97. The van der Waals surface area contributed by atoms with E-state index in [9.17, 15) is 9.59 Å². The maximum absolute atomic E-state index is 12.3. The molecule has 2 aliphatic heterocycles.